The van der Waals surface area contributed by atoms with Crippen LogP contribution >= 0.6 is 0 Å². The summed E-state index contributed by atoms with van der Waals surface area (Å²) in [5.41, 5.74) is -0.160. The van der Waals surface area contributed by atoms with Crippen LogP contribution in [0.3, 0.4) is 0 Å². The van der Waals surface area contributed by atoms with Gasteiger partial charge in [0.1, 0.15) is 0 Å². The molecule has 0 bridgehead atoms. The summed E-state index contributed by atoms with van der Waals surface area (Å²) in [6, 6.07) is 3.45. The second-order valence-corrected chi connectivity index (χ2v) is 3.88. The molecule has 9 heteroatoms. The van der Waals surface area contributed by atoms with Crippen molar-refractivity contribution < 1.29 is 19.3 Å². The summed E-state index contributed by atoms with van der Waals surface area (Å²) >= 11 is 0. The second-order valence-electron chi connectivity index (χ2n) is 3.88. The molecule has 0 fully saturated rings. The van der Waals surface area contributed by atoms with Crippen LogP contribution in [0.2, 0.25) is 0 Å². The highest BCUT2D eigenvalue weighted by Crippen LogP contribution is 2.23. The predicted molar refractivity (Wildman–Crippen MR) is 66.4 cm³/mol. The van der Waals surface area contributed by atoms with Crippen molar-refractivity contribution in [1.82, 2.24) is 10.1 Å². The van der Waals surface area contributed by atoms with E-state index in [0.29, 0.717) is 11.7 Å². The fraction of sp³-hybridized carbons (Fsp3) is 0.182. The van der Waals surface area contributed by atoms with Gasteiger partial charge in [-0.3, -0.25) is 10.1 Å². The van der Waals surface area contributed by atoms with Gasteiger partial charge in [-0.25, -0.2) is 4.79 Å². The molecule has 2 rings (SSSR count). The van der Waals surface area contributed by atoms with Gasteiger partial charge >= 0.3 is 5.97 Å². The van der Waals surface area contributed by atoms with Crippen molar-refractivity contribution in [2.45, 2.75) is 13.5 Å². The van der Waals surface area contributed by atoms with Crippen LogP contribution in [0.4, 0.5) is 11.4 Å². The Hall–Kier alpha value is -2.97. The van der Waals surface area contributed by atoms with E-state index in [4.69, 9.17) is 9.63 Å². The molecule has 1 aromatic heterocycles. The number of nitro benzene ring substituents is 1. The zero-order chi connectivity index (χ0) is 14.7. The molecular formula is C11H10N4O5. The third-order valence-corrected chi connectivity index (χ3v) is 2.45. The summed E-state index contributed by atoms with van der Waals surface area (Å²) in [5.74, 6) is -0.490. The van der Waals surface area contributed by atoms with Gasteiger partial charge in [0, 0.05) is 19.1 Å². The number of hydrogen-bond acceptors (Lipinski definition) is 7. The summed E-state index contributed by atoms with van der Waals surface area (Å²) < 4.78 is 4.77. The maximum atomic E-state index is 11.1. The molecule has 2 N–H and O–H groups in total. The van der Waals surface area contributed by atoms with Crippen molar-refractivity contribution in [1.29, 1.82) is 0 Å². The average molecular weight is 278 g/mol. The monoisotopic (exact) mass is 278 g/mol. The number of non-ortho nitro benzene ring substituents is 1. The lowest BCUT2D eigenvalue weighted by atomic mass is 10.1. The van der Waals surface area contributed by atoms with Gasteiger partial charge in [0.2, 0.25) is 5.89 Å². The third-order valence-electron chi connectivity index (χ3n) is 2.45. The minimum absolute atomic E-state index is 0.0733. The van der Waals surface area contributed by atoms with Gasteiger partial charge in [0.15, 0.2) is 5.82 Å². The van der Waals surface area contributed by atoms with Crippen molar-refractivity contribution in [2.24, 2.45) is 0 Å². The highest BCUT2D eigenvalue weighted by molar-refractivity contribution is 5.94. The van der Waals surface area contributed by atoms with Gasteiger partial charge in [0.05, 0.1) is 22.7 Å². The summed E-state index contributed by atoms with van der Waals surface area (Å²) in [4.78, 5) is 25.1. The van der Waals surface area contributed by atoms with Crippen LogP contribution in [0.5, 0.6) is 0 Å². The van der Waals surface area contributed by atoms with E-state index < -0.39 is 10.9 Å². The molecule has 0 saturated heterocycles. The van der Waals surface area contributed by atoms with Crippen molar-refractivity contribution in [2.75, 3.05) is 5.32 Å². The van der Waals surface area contributed by atoms with Crippen molar-refractivity contribution in [3.63, 3.8) is 0 Å². The largest absolute Gasteiger partial charge is 0.478 e. The standard InChI is InChI=1S/C11H10N4O5/c1-6-13-10(14-20-6)5-12-9-4-7(15(18)19)2-3-8(9)11(16)17/h2-4,12H,5H2,1H3,(H,16,17). The molecule has 0 saturated carbocycles. The number of nitro groups is 1. The molecular weight excluding hydrogens is 268 g/mol. The molecule has 0 amide bonds. The SMILES string of the molecule is Cc1nc(CNc2cc([N+](=O)[O-])ccc2C(=O)O)no1. The normalized spacial score (nSPS) is 10.2. The second kappa shape index (κ2) is 5.34. The summed E-state index contributed by atoms with van der Waals surface area (Å²) in [7, 11) is 0. The number of nitrogens with zero attached hydrogens (tertiary/aromatic N) is 3. The number of carboxylic acids is 1. The minimum Gasteiger partial charge on any atom is -0.478 e. The van der Waals surface area contributed by atoms with Gasteiger partial charge in [-0.2, -0.15) is 4.98 Å². The first-order valence-corrected chi connectivity index (χ1v) is 5.52. The maximum Gasteiger partial charge on any atom is 0.337 e. The number of hydrogen-bond donors (Lipinski definition) is 2. The van der Waals surface area contributed by atoms with Crippen LogP contribution in [0.25, 0.3) is 0 Å². The Bertz CT molecular complexity index is 667. The zero-order valence-electron chi connectivity index (χ0n) is 10.4. The minimum atomic E-state index is -1.19. The molecule has 0 spiro atoms. The number of carbonyl (C=O) groups is 1. The lowest BCUT2D eigenvalue weighted by Crippen LogP contribution is -2.08. The first-order valence-electron chi connectivity index (χ1n) is 5.52. The van der Waals surface area contributed by atoms with E-state index in [1.807, 2.05) is 0 Å². The molecule has 9 nitrogen and oxygen atoms in total. The smallest absolute Gasteiger partial charge is 0.337 e. The fourth-order valence-electron chi connectivity index (χ4n) is 1.57. The Morgan fingerprint density at radius 1 is 1.55 bits per heavy atom. The number of carboxylic acid groups (broad SMARTS) is 1. The van der Waals surface area contributed by atoms with Crippen LogP contribution in [-0.4, -0.2) is 26.1 Å². The summed E-state index contributed by atoms with van der Waals surface area (Å²) in [6.07, 6.45) is 0. The Morgan fingerprint density at radius 2 is 2.30 bits per heavy atom. The Morgan fingerprint density at radius 3 is 2.85 bits per heavy atom. The van der Waals surface area contributed by atoms with Gasteiger partial charge in [0.25, 0.3) is 5.69 Å². The highest BCUT2D eigenvalue weighted by atomic mass is 16.6. The summed E-state index contributed by atoms with van der Waals surface area (Å²) in [6.45, 7) is 1.71. The van der Waals surface area contributed by atoms with E-state index in [0.717, 1.165) is 12.1 Å². The number of rotatable bonds is 5. The average Bonchev–Trinajstić information content (AvgIpc) is 2.81. The van der Waals surface area contributed by atoms with Gasteiger partial charge in [-0.1, -0.05) is 5.16 Å². The van der Waals surface area contributed by atoms with E-state index in [2.05, 4.69) is 15.5 Å². The summed E-state index contributed by atoms with van der Waals surface area (Å²) in [5, 5.41) is 26.1. The molecule has 0 radical (unpaired) electrons. The van der Waals surface area contributed by atoms with Gasteiger partial charge in [-0.05, 0) is 6.07 Å². The topological polar surface area (TPSA) is 131 Å². The van der Waals surface area contributed by atoms with Crippen LogP contribution < -0.4 is 5.32 Å². The van der Waals surface area contributed by atoms with E-state index in [1.165, 1.54) is 6.07 Å². The van der Waals surface area contributed by atoms with E-state index in [9.17, 15) is 14.9 Å². The number of aromatic carboxylic acids is 1. The van der Waals surface area contributed by atoms with Crippen molar-refractivity contribution in [3.8, 4) is 0 Å². The van der Waals surface area contributed by atoms with Crippen LogP contribution in [0.1, 0.15) is 22.1 Å². The number of aromatic nitrogens is 2. The zero-order valence-corrected chi connectivity index (χ0v) is 10.4. The number of anilines is 1. The first kappa shape index (κ1) is 13.5. The van der Waals surface area contributed by atoms with Gasteiger partial charge < -0.3 is 14.9 Å². The molecule has 104 valence electrons. The third kappa shape index (κ3) is 2.88. The molecule has 0 aliphatic rings. The number of aryl methyl sites for hydroxylation is 1. The van der Waals surface area contributed by atoms with E-state index in [-0.39, 0.29) is 23.5 Å². The van der Waals surface area contributed by atoms with E-state index in [1.54, 1.807) is 6.92 Å². The van der Waals surface area contributed by atoms with Crippen molar-refractivity contribution in [3.05, 3.63) is 45.6 Å². The molecule has 1 heterocycles. The van der Waals surface area contributed by atoms with Crippen LogP contribution in [-0.2, 0) is 6.54 Å². The number of benzene rings is 1. The highest BCUT2D eigenvalue weighted by Gasteiger charge is 2.15. The first-order chi connectivity index (χ1) is 9.47. The Kier molecular flexibility index (Phi) is 3.60. The molecule has 0 aliphatic heterocycles. The molecule has 0 unspecified atom stereocenters. The molecule has 20 heavy (non-hydrogen) atoms. The quantitative estimate of drug-likeness (QED) is 0.622. The Balaban J connectivity index is 2.25. The molecule has 1 aromatic carbocycles. The maximum absolute atomic E-state index is 11.1. The molecule has 0 atom stereocenters. The van der Waals surface area contributed by atoms with Crippen LogP contribution in [0.15, 0.2) is 22.7 Å². The lowest BCUT2D eigenvalue weighted by molar-refractivity contribution is -0.384. The van der Waals surface area contributed by atoms with Crippen molar-refractivity contribution >= 4 is 17.3 Å². The predicted octanol–water partition coefficient (Wildman–Crippen LogP) is 1.60. The molecule has 2 aromatic rings. The fourth-order valence-corrected chi connectivity index (χ4v) is 1.57. The van der Waals surface area contributed by atoms with E-state index >= 15 is 0 Å². The number of nitrogens with one attached hydrogen (secondary N) is 1. The lowest BCUT2D eigenvalue weighted by Gasteiger charge is -2.07. The Labute approximate surface area is 112 Å². The van der Waals surface area contributed by atoms with Crippen LogP contribution in [0, 0.1) is 17.0 Å². The molecule has 0 aliphatic carbocycles. The van der Waals surface area contributed by atoms with Gasteiger partial charge in [-0.15, -0.1) is 0 Å².